The van der Waals surface area contributed by atoms with Crippen molar-refractivity contribution in [2.24, 2.45) is 0 Å². The molecular weight excluding hydrogens is 566 g/mol. The number of piperazine rings is 1. The predicted molar refractivity (Wildman–Crippen MR) is 176 cm³/mol. The number of ether oxygens (including phenoxy) is 1. The Morgan fingerprint density at radius 2 is 1.36 bits per heavy atom. The minimum absolute atomic E-state index is 0.190. The molecule has 2 heterocycles. The van der Waals surface area contributed by atoms with Crippen molar-refractivity contribution in [3.05, 3.63) is 126 Å². The van der Waals surface area contributed by atoms with E-state index in [1.807, 2.05) is 59.5 Å². The molecule has 0 bridgehead atoms. The van der Waals surface area contributed by atoms with Crippen molar-refractivity contribution in [2.45, 2.75) is 24.0 Å². The SMILES string of the molecule is COc1ccc(-n2c(SCCCC(=O)N3CCN(C(c4ccccc4)c4ccccc4)CC3)nnc2-c2ccccc2)cc1. The van der Waals surface area contributed by atoms with Gasteiger partial charge in [0, 0.05) is 49.6 Å². The maximum absolute atomic E-state index is 13.2. The first-order chi connectivity index (χ1) is 21.7. The second kappa shape index (κ2) is 14.4. The Hall–Kier alpha value is -4.40. The van der Waals surface area contributed by atoms with Gasteiger partial charge in [-0.1, -0.05) is 103 Å². The van der Waals surface area contributed by atoms with Gasteiger partial charge in [0.2, 0.25) is 5.91 Å². The number of carbonyl (C=O) groups excluding carboxylic acids is 1. The number of amides is 1. The van der Waals surface area contributed by atoms with Gasteiger partial charge in [0.1, 0.15) is 5.75 Å². The summed E-state index contributed by atoms with van der Waals surface area (Å²) < 4.78 is 7.44. The van der Waals surface area contributed by atoms with Crippen LogP contribution in [0.5, 0.6) is 5.75 Å². The maximum atomic E-state index is 13.2. The average Bonchev–Trinajstić information content (AvgIpc) is 3.52. The number of hydrogen-bond acceptors (Lipinski definition) is 6. The largest absolute Gasteiger partial charge is 0.497 e. The number of nitrogens with zero attached hydrogens (tertiary/aromatic N) is 5. The molecule has 1 amide bonds. The highest BCUT2D eigenvalue weighted by atomic mass is 32.2. The van der Waals surface area contributed by atoms with Crippen molar-refractivity contribution < 1.29 is 9.53 Å². The van der Waals surface area contributed by atoms with Crippen LogP contribution in [0.1, 0.15) is 30.0 Å². The molecule has 1 saturated heterocycles. The van der Waals surface area contributed by atoms with Crippen molar-refractivity contribution in [1.29, 1.82) is 0 Å². The highest BCUT2D eigenvalue weighted by Gasteiger charge is 2.28. The van der Waals surface area contributed by atoms with Gasteiger partial charge in [-0.2, -0.15) is 0 Å². The topological polar surface area (TPSA) is 63.5 Å². The molecule has 1 aliphatic heterocycles. The monoisotopic (exact) mass is 603 g/mol. The van der Waals surface area contributed by atoms with Gasteiger partial charge in [0.25, 0.3) is 0 Å². The van der Waals surface area contributed by atoms with Gasteiger partial charge in [-0.25, -0.2) is 0 Å². The molecule has 44 heavy (non-hydrogen) atoms. The second-order valence-corrected chi connectivity index (χ2v) is 11.9. The predicted octanol–water partition coefficient (Wildman–Crippen LogP) is 6.75. The Balaban J connectivity index is 1.06. The summed E-state index contributed by atoms with van der Waals surface area (Å²) in [6, 6.07) is 39.5. The first-order valence-corrected chi connectivity index (χ1v) is 16.1. The Morgan fingerprint density at radius 1 is 0.773 bits per heavy atom. The summed E-state index contributed by atoms with van der Waals surface area (Å²) in [5, 5.41) is 9.88. The maximum Gasteiger partial charge on any atom is 0.222 e. The molecule has 0 N–H and O–H groups in total. The fourth-order valence-electron chi connectivity index (χ4n) is 5.76. The zero-order valence-corrected chi connectivity index (χ0v) is 25.8. The van der Waals surface area contributed by atoms with Crippen molar-refractivity contribution in [3.8, 4) is 22.8 Å². The highest BCUT2D eigenvalue weighted by Crippen LogP contribution is 2.31. The molecule has 0 spiro atoms. The number of aromatic nitrogens is 3. The number of hydrogen-bond donors (Lipinski definition) is 0. The number of carbonyl (C=O) groups is 1. The molecule has 224 valence electrons. The van der Waals surface area contributed by atoms with Crippen LogP contribution in [0.3, 0.4) is 0 Å². The number of benzene rings is 4. The van der Waals surface area contributed by atoms with Crippen molar-refractivity contribution in [1.82, 2.24) is 24.6 Å². The zero-order chi connectivity index (χ0) is 30.1. The van der Waals surface area contributed by atoms with Crippen LogP contribution in [-0.4, -0.2) is 69.5 Å². The van der Waals surface area contributed by atoms with Crippen LogP contribution in [0.2, 0.25) is 0 Å². The smallest absolute Gasteiger partial charge is 0.222 e. The van der Waals surface area contributed by atoms with Crippen LogP contribution in [0.4, 0.5) is 0 Å². The van der Waals surface area contributed by atoms with E-state index in [0.717, 1.165) is 66.3 Å². The van der Waals surface area contributed by atoms with Crippen LogP contribution in [-0.2, 0) is 4.79 Å². The van der Waals surface area contributed by atoms with Gasteiger partial charge in [0.05, 0.1) is 13.2 Å². The van der Waals surface area contributed by atoms with Gasteiger partial charge >= 0.3 is 0 Å². The molecular formula is C36H37N5O2S. The molecule has 4 aromatic carbocycles. The molecule has 0 radical (unpaired) electrons. The molecule has 5 aromatic rings. The van der Waals surface area contributed by atoms with E-state index < -0.39 is 0 Å². The van der Waals surface area contributed by atoms with E-state index in [9.17, 15) is 4.79 Å². The summed E-state index contributed by atoms with van der Waals surface area (Å²) in [4.78, 5) is 17.7. The fourth-order valence-corrected chi connectivity index (χ4v) is 6.65. The Bertz CT molecular complexity index is 1580. The number of thioether (sulfide) groups is 1. The summed E-state index contributed by atoms with van der Waals surface area (Å²) in [6.45, 7) is 3.19. The fraction of sp³-hybridized carbons (Fsp3) is 0.250. The summed E-state index contributed by atoms with van der Waals surface area (Å²) in [5.74, 6) is 2.59. The van der Waals surface area contributed by atoms with Crippen molar-refractivity contribution in [3.63, 3.8) is 0 Å². The third kappa shape index (κ3) is 6.87. The molecule has 1 aliphatic rings. The van der Waals surface area contributed by atoms with Crippen LogP contribution in [0.15, 0.2) is 120 Å². The van der Waals surface area contributed by atoms with E-state index in [2.05, 4.69) is 80.3 Å². The summed E-state index contributed by atoms with van der Waals surface area (Å²) in [5.41, 5.74) is 4.54. The first-order valence-electron chi connectivity index (χ1n) is 15.1. The van der Waals surface area contributed by atoms with E-state index >= 15 is 0 Å². The van der Waals surface area contributed by atoms with Crippen LogP contribution >= 0.6 is 11.8 Å². The Kier molecular flexibility index (Phi) is 9.70. The van der Waals surface area contributed by atoms with E-state index in [1.54, 1.807) is 18.9 Å². The molecule has 0 atom stereocenters. The van der Waals surface area contributed by atoms with Crippen LogP contribution in [0, 0.1) is 0 Å². The third-order valence-electron chi connectivity index (χ3n) is 8.02. The van der Waals surface area contributed by atoms with Crippen molar-refractivity contribution in [2.75, 3.05) is 39.0 Å². The minimum atomic E-state index is 0.190. The highest BCUT2D eigenvalue weighted by molar-refractivity contribution is 7.99. The van der Waals surface area contributed by atoms with E-state index in [4.69, 9.17) is 4.74 Å². The Morgan fingerprint density at radius 3 is 1.95 bits per heavy atom. The molecule has 0 unspecified atom stereocenters. The molecule has 0 aliphatic carbocycles. The molecule has 1 fully saturated rings. The average molecular weight is 604 g/mol. The van der Waals surface area contributed by atoms with E-state index in [-0.39, 0.29) is 11.9 Å². The van der Waals surface area contributed by atoms with E-state index in [0.29, 0.717) is 6.42 Å². The normalized spacial score (nSPS) is 13.7. The van der Waals surface area contributed by atoms with Crippen molar-refractivity contribution >= 4 is 17.7 Å². The Labute approximate surface area is 263 Å². The quantitative estimate of drug-likeness (QED) is 0.123. The lowest BCUT2D eigenvalue weighted by atomic mass is 9.96. The van der Waals surface area contributed by atoms with Crippen LogP contribution in [0.25, 0.3) is 17.1 Å². The second-order valence-electron chi connectivity index (χ2n) is 10.8. The van der Waals surface area contributed by atoms with E-state index in [1.165, 1.54) is 11.1 Å². The summed E-state index contributed by atoms with van der Waals surface area (Å²) in [6.07, 6.45) is 1.30. The lowest BCUT2D eigenvalue weighted by Gasteiger charge is -2.40. The van der Waals surface area contributed by atoms with Crippen LogP contribution < -0.4 is 4.74 Å². The van der Waals surface area contributed by atoms with Gasteiger partial charge in [-0.3, -0.25) is 14.3 Å². The van der Waals surface area contributed by atoms with Gasteiger partial charge in [-0.05, 0) is 41.8 Å². The standard InChI is InChI=1S/C36H37N5O2S/c1-43-32-21-19-31(20-22-32)41-35(30-16-9-4-10-17-30)37-38-36(41)44-27-11-18-33(42)39-23-25-40(26-24-39)34(28-12-5-2-6-13-28)29-14-7-3-8-15-29/h2-10,12-17,19-22,34H,11,18,23-27H2,1H3. The lowest BCUT2D eigenvalue weighted by molar-refractivity contribution is -0.133. The van der Waals surface area contributed by atoms with Gasteiger partial charge < -0.3 is 9.64 Å². The first kappa shape index (κ1) is 29.7. The van der Waals surface area contributed by atoms with Gasteiger partial charge in [0.15, 0.2) is 11.0 Å². The number of methoxy groups -OCH3 is 1. The number of rotatable bonds is 11. The molecule has 7 nitrogen and oxygen atoms in total. The van der Waals surface area contributed by atoms with Gasteiger partial charge in [-0.15, -0.1) is 10.2 Å². The lowest BCUT2D eigenvalue weighted by Crippen LogP contribution is -2.49. The minimum Gasteiger partial charge on any atom is -0.497 e. The third-order valence-corrected chi connectivity index (χ3v) is 9.04. The molecule has 8 heteroatoms. The molecule has 1 aromatic heterocycles. The zero-order valence-electron chi connectivity index (χ0n) is 25.0. The summed E-state index contributed by atoms with van der Waals surface area (Å²) in [7, 11) is 1.66. The molecule has 6 rings (SSSR count). The molecule has 0 saturated carbocycles. The summed E-state index contributed by atoms with van der Waals surface area (Å²) >= 11 is 1.63.